The molecule has 8 nitrogen and oxygen atoms in total. The van der Waals surface area contributed by atoms with Crippen molar-refractivity contribution in [2.45, 2.75) is 12.3 Å². The minimum atomic E-state index is -3.43. The van der Waals surface area contributed by atoms with E-state index in [1.165, 1.54) is 4.31 Å². The fourth-order valence-corrected chi connectivity index (χ4v) is 4.72. The molecule has 2 aromatic rings. The summed E-state index contributed by atoms with van der Waals surface area (Å²) in [6, 6.07) is 18.1. The Bertz CT molecular complexity index is 943. The number of piperazine rings is 1. The highest BCUT2D eigenvalue weighted by Crippen LogP contribution is 2.13. The number of hydrogen-bond donors (Lipinski definition) is 2. The lowest BCUT2D eigenvalue weighted by atomic mass is 10.2. The van der Waals surface area contributed by atoms with Crippen LogP contribution in [-0.2, 0) is 27.1 Å². The summed E-state index contributed by atoms with van der Waals surface area (Å²) in [4.78, 5) is 25.8. The first-order valence-corrected chi connectivity index (χ1v) is 11.4. The number of nitrogens with zero attached hydrogens (tertiary/aromatic N) is 2. The number of nitrogens with one attached hydrogen (secondary N) is 2. The average molecular weight is 431 g/mol. The van der Waals surface area contributed by atoms with Gasteiger partial charge in [-0.05, 0) is 11.1 Å². The second-order valence-electron chi connectivity index (χ2n) is 7.04. The Morgan fingerprint density at radius 3 is 1.97 bits per heavy atom. The molecule has 0 saturated carbocycles. The number of urea groups is 1. The van der Waals surface area contributed by atoms with Crippen LogP contribution >= 0.6 is 0 Å². The molecule has 0 aromatic heterocycles. The summed E-state index contributed by atoms with van der Waals surface area (Å²) in [7, 11) is -3.43. The van der Waals surface area contributed by atoms with Crippen molar-refractivity contribution in [3.63, 3.8) is 0 Å². The maximum Gasteiger partial charge on any atom is 0.315 e. The van der Waals surface area contributed by atoms with Gasteiger partial charge in [-0.1, -0.05) is 60.7 Å². The van der Waals surface area contributed by atoms with E-state index in [9.17, 15) is 18.0 Å². The van der Waals surface area contributed by atoms with E-state index < -0.39 is 16.1 Å². The average Bonchev–Trinajstić information content (AvgIpc) is 2.77. The van der Waals surface area contributed by atoms with Crippen LogP contribution in [0.5, 0.6) is 0 Å². The zero-order valence-corrected chi connectivity index (χ0v) is 17.5. The number of carbonyl (C=O) groups is 2. The summed E-state index contributed by atoms with van der Waals surface area (Å²) < 4.78 is 26.6. The minimum absolute atomic E-state index is 0.0507. The van der Waals surface area contributed by atoms with Crippen molar-refractivity contribution in [1.82, 2.24) is 19.8 Å². The summed E-state index contributed by atoms with van der Waals surface area (Å²) in [6.07, 6.45) is 0. The van der Waals surface area contributed by atoms with Crippen LogP contribution in [0.25, 0.3) is 0 Å². The monoisotopic (exact) mass is 430 g/mol. The molecule has 1 fully saturated rings. The third-order valence-electron chi connectivity index (χ3n) is 4.87. The molecule has 1 aliphatic rings. The van der Waals surface area contributed by atoms with Gasteiger partial charge in [0.15, 0.2) is 0 Å². The molecule has 0 bridgehead atoms. The highest BCUT2D eigenvalue weighted by atomic mass is 32.2. The Kier molecular flexibility index (Phi) is 7.42. The van der Waals surface area contributed by atoms with Crippen molar-refractivity contribution in [3.8, 4) is 0 Å². The molecule has 3 rings (SSSR count). The molecule has 160 valence electrons. The van der Waals surface area contributed by atoms with E-state index in [0.717, 1.165) is 11.1 Å². The van der Waals surface area contributed by atoms with Crippen molar-refractivity contribution < 1.29 is 18.0 Å². The lowest BCUT2D eigenvalue weighted by molar-refractivity contribution is -0.131. The molecule has 0 spiro atoms. The summed E-state index contributed by atoms with van der Waals surface area (Å²) in [5.41, 5.74) is 1.70. The molecule has 2 N–H and O–H groups in total. The molecule has 1 aliphatic heterocycles. The zero-order valence-electron chi connectivity index (χ0n) is 16.7. The van der Waals surface area contributed by atoms with Crippen molar-refractivity contribution in [3.05, 3.63) is 71.8 Å². The Morgan fingerprint density at radius 1 is 0.800 bits per heavy atom. The van der Waals surface area contributed by atoms with Gasteiger partial charge in [-0.15, -0.1) is 0 Å². The molecular formula is C21H26N4O4S. The van der Waals surface area contributed by atoms with Crippen molar-refractivity contribution in [1.29, 1.82) is 0 Å². The van der Waals surface area contributed by atoms with Crippen LogP contribution in [0.2, 0.25) is 0 Å². The van der Waals surface area contributed by atoms with E-state index in [1.807, 2.05) is 48.5 Å². The fraction of sp³-hybridized carbons (Fsp3) is 0.333. The van der Waals surface area contributed by atoms with E-state index in [0.29, 0.717) is 19.6 Å². The molecule has 3 amide bonds. The predicted molar refractivity (Wildman–Crippen MR) is 114 cm³/mol. The number of amides is 3. The zero-order chi connectivity index (χ0) is 21.4. The molecule has 1 heterocycles. The first-order valence-electron chi connectivity index (χ1n) is 9.79. The van der Waals surface area contributed by atoms with E-state index in [2.05, 4.69) is 10.6 Å². The molecule has 9 heteroatoms. The maximum atomic E-state index is 12.6. The van der Waals surface area contributed by atoms with Crippen molar-refractivity contribution in [2.24, 2.45) is 0 Å². The molecule has 0 atom stereocenters. The van der Waals surface area contributed by atoms with E-state index >= 15 is 0 Å². The smallest absolute Gasteiger partial charge is 0.315 e. The van der Waals surface area contributed by atoms with E-state index in [4.69, 9.17) is 0 Å². The lowest BCUT2D eigenvalue weighted by Gasteiger charge is -2.34. The Labute approximate surface area is 176 Å². The first-order chi connectivity index (χ1) is 14.4. The van der Waals surface area contributed by atoms with Gasteiger partial charge in [-0.25, -0.2) is 13.2 Å². The molecule has 2 aromatic carbocycles. The molecular weight excluding hydrogens is 404 g/mol. The summed E-state index contributed by atoms with van der Waals surface area (Å²) in [6.45, 7) is 1.36. The highest BCUT2D eigenvalue weighted by Gasteiger charge is 2.28. The molecule has 0 radical (unpaired) electrons. The van der Waals surface area contributed by atoms with Gasteiger partial charge in [0.25, 0.3) is 0 Å². The van der Waals surface area contributed by atoms with Gasteiger partial charge >= 0.3 is 6.03 Å². The number of carbonyl (C=O) groups excluding carboxylic acids is 2. The second kappa shape index (κ2) is 10.2. The summed E-state index contributed by atoms with van der Waals surface area (Å²) in [5, 5.41) is 5.25. The predicted octanol–water partition coefficient (Wildman–Crippen LogP) is 1.16. The minimum Gasteiger partial charge on any atom is -0.339 e. The molecule has 0 aliphatic carbocycles. The van der Waals surface area contributed by atoms with Crippen LogP contribution in [0, 0.1) is 0 Å². The van der Waals surface area contributed by atoms with E-state index in [1.54, 1.807) is 17.0 Å². The van der Waals surface area contributed by atoms with Crippen LogP contribution in [0.4, 0.5) is 4.79 Å². The Balaban J connectivity index is 1.40. The summed E-state index contributed by atoms with van der Waals surface area (Å²) >= 11 is 0. The van der Waals surface area contributed by atoms with Gasteiger partial charge in [0, 0.05) is 32.7 Å². The molecule has 30 heavy (non-hydrogen) atoms. The van der Waals surface area contributed by atoms with Crippen molar-refractivity contribution >= 4 is 22.0 Å². The SMILES string of the molecule is O=C(NCC(=O)N1CCN(S(=O)(=O)Cc2ccccc2)CC1)NCc1ccccc1. The third-order valence-corrected chi connectivity index (χ3v) is 6.72. The second-order valence-corrected chi connectivity index (χ2v) is 9.01. The van der Waals surface area contributed by atoms with Gasteiger partial charge in [-0.2, -0.15) is 4.31 Å². The van der Waals surface area contributed by atoms with Gasteiger partial charge in [0.1, 0.15) is 0 Å². The fourth-order valence-electron chi connectivity index (χ4n) is 3.20. The summed E-state index contributed by atoms with van der Waals surface area (Å²) in [5.74, 6) is -0.282. The Morgan fingerprint density at radius 2 is 1.37 bits per heavy atom. The Hall–Kier alpha value is -2.91. The quantitative estimate of drug-likeness (QED) is 0.689. The number of sulfonamides is 1. The third kappa shape index (κ3) is 6.30. The van der Waals surface area contributed by atoms with Crippen molar-refractivity contribution in [2.75, 3.05) is 32.7 Å². The molecule has 1 saturated heterocycles. The number of rotatable bonds is 7. The van der Waals surface area contributed by atoms with Gasteiger partial charge < -0.3 is 15.5 Å². The number of benzene rings is 2. The van der Waals surface area contributed by atoms with E-state index in [-0.39, 0.29) is 31.3 Å². The van der Waals surface area contributed by atoms with Crippen LogP contribution in [0.3, 0.4) is 0 Å². The maximum absolute atomic E-state index is 12.6. The van der Waals surface area contributed by atoms with Crippen LogP contribution in [0.1, 0.15) is 11.1 Å². The van der Waals surface area contributed by atoms with Gasteiger partial charge in [0.05, 0.1) is 12.3 Å². The molecule has 0 unspecified atom stereocenters. The lowest BCUT2D eigenvalue weighted by Crippen LogP contribution is -2.53. The largest absolute Gasteiger partial charge is 0.339 e. The van der Waals surface area contributed by atoms with Gasteiger partial charge in [-0.3, -0.25) is 4.79 Å². The van der Waals surface area contributed by atoms with Crippen LogP contribution in [-0.4, -0.2) is 62.3 Å². The topological polar surface area (TPSA) is 98.8 Å². The van der Waals surface area contributed by atoms with Crippen LogP contribution in [0.15, 0.2) is 60.7 Å². The number of hydrogen-bond acceptors (Lipinski definition) is 4. The van der Waals surface area contributed by atoms with Crippen LogP contribution < -0.4 is 10.6 Å². The first kappa shape index (κ1) is 21.8. The van der Waals surface area contributed by atoms with Gasteiger partial charge in [0.2, 0.25) is 15.9 Å². The normalized spacial score (nSPS) is 14.9. The highest BCUT2D eigenvalue weighted by molar-refractivity contribution is 7.88. The standard InChI is InChI=1S/C21H26N4O4S/c26-20(16-23-21(27)22-15-18-7-3-1-4-8-18)24-11-13-25(14-12-24)30(28,29)17-19-9-5-2-6-10-19/h1-10H,11-17H2,(H2,22,23,27).